The van der Waals surface area contributed by atoms with Crippen molar-refractivity contribution in [3.8, 4) is 6.01 Å². The first-order valence-corrected chi connectivity index (χ1v) is 24.8. The normalized spacial score (nSPS) is 15.0. The third-order valence-electron chi connectivity index (χ3n) is 12.0. The van der Waals surface area contributed by atoms with Crippen molar-refractivity contribution in [2.24, 2.45) is 17.6 Å². The summed E-state index contributed by atoms with van der Waals surface area (Å²) in [6.07, 6.45) is 2.82. The molecule has 1 fully saturated rings. The highest BCUT2D eigenvalue weighted by atomic mass is 32.2. The lowest BCUT2D eigenvalue weighted by molar-refractivity contribution is -0.168. The first-order chi connectivity index (χ1) is 33.6. The van der Waals surface area contributed by atoms with Crippen LogP contribution in [0.25, 0.3) is 0 Å². The molecule has 1 aliphatic rings. The highest BCUT2D eigenvalue weighted by molar-refractivity contribution is 8.00. The van der Waals surface area contributed by atoms with E-state index < -0.39 is 41.6 Å². The molecule has 2 heterocycles. The molecule has 0 saturated carbocycles. The molecule has 3 aromatic carbocycles. The van der Waals surface area contributed by atoms with Crippen LogP contribution in [0, 0.1) is 25.7 Å². The number of urea groups is 1. The summed E-state index contributed by atoms with van der Waals surface area (Å²) >= 11 is 1.36. The van der Waals surface area contributed by atoms with Gasteiger partial charge in [-0.15, -0.1) is 0 Å². The zero-order valence-electron chi connectivity index (χ0n) is 40.7. The van der Waals surface area contributed by atoms with Crippen LogP contribution in [0.5, 0.6) is 6.01 Å². The van der Waals surface area contributed by atoms with Crippen LogP contribution >= 0.6 is 11.8 Å². The number of methoxy groups -OCH3 is 1. The fourth-order valence-electron chi connectivity index (χ4n) is 8.42. The Kier molecular flexibility index (Phi) is 20.4. The maximum Gasteiger partial charge on any atom is 0.351 e. The van der Waals surface area contributed by atoms with Gasteiger partial charge in [-0.2, -0.15) is 11.8 Å². The summed E-state index contributed by atoms with van der Waals surface area (Å²) in [5.41, 5.74) is 7.32. The monoisotopic (exact) mass is 979 g/mol. The number of carbonyl (C=O) groups is 7. The van der Waals surface area contributed by atoms with Gasteiger partial charge in [0.2, 0.25) is 29.7 Å². The molecule has 5 rings (SSSR count). The maximum atomic E-state index is 14.4. The summed E-state index contributed by atoms with van der Waals surface area (Å²) in [7, 11) is 1.50. The number of hydrogen-bond acceptors (Lipinski definition) is 13. The second-order valence-corrected chi connectivity index (χ2v) is 18.6. The number of imide groups is 1. The molecule has 5 N–H and O–H groups in total. The number of thioether (sulfide) groups is 1. The lowest BCUT2D eigenvalue weighted by Crippen LogP contribution is -2.51. The van der Waals surface area contributed by atoms with E-state index in [4.69, 9.17) is 19.9 Å². The van der Waals surface area contributed by atoms with E-state index in [1.807, 2.05) is 74.5 Å². The average molecular weight is 980 g/mol. The van der Waals surface area contributed by atoms with E-state index in [0.29, 0.717) is 66.0 Å². The first kappa shape index (κ1) is 54.3. The van der Waals surface area contributed by atoms with Crippen molar-refractivity contribution in [2.45, 2.75) is 109 Å². The molecule has 1 saturated heterocycles. The Morgan fingerprint density at radius 3 is 2.06 bits per heavy atom. The number of likely N-dealkylation sites (tertiary alicyclic amines) is 1. The highest BCUT2D eigenvalue weighted by Crippen LogP contribution is 2.39. The number of amides is 6. The maximum absolute atomic E-state index is 14.4. The van der Waals surface area contributed by atoms with Gasteiger partial charge >= 0.3 is 18.0 Å². The first-order valence-electron chi connectivity index (χ1n) is 23.5. The van der Waals surface area contributed by atoms with Crippen LogP contribution in [-0.2, 0) is 50.4 Å². The van der Waals surface area contributed by atoms with Gasteiger partial charge < -0.3 is 35.9 Å². The van der Waals surface area contributed by atoms with Crippen molar-refractivity contribution in [1.82, 2.24) is 25.5 Å². The molecule has 0 aliphatic carbocycles. The third-order valence-corrected chi connectivity index (χ3v) is 13.0. The minimum absolute atomic E-state index is 0.0256. The van der Waals surface area contributed by atoms with Crippen LogP contribution in [0.4, 0.5) is 10.5 Å². The summed E-state index contributed by atoms with van der Waals surface area (Å²) in [5, 5.41) is 7.92. The molecule has 0 spiro atoms. The van der Waals surface area contributed by atoms with E-state index >= 15 is 0 Å². The number of esters is 1. The van der Waals surface area contributed by atoms with Crippen molar-refractivity contribution in [1.29, 1.82) is 0 Å². The number of hydrogen-bond donors (Lipinski definition) is 4. The molecule has 4 atom stereocenters. The van der Waals surface area contributed by atoms with Crippen molar-refractivity contribution < 1.29 is 47.8 Å². The molecule has 1 aromatic heterocycles. The number of benzene rings is 3. The molecule has 18 heteroatoms. The summed E-state index contributed by atoms with van der Waals surface area (Å²) in [6, 6.07) is 25.3. The Hall–Kier alpha value is -6.66. The number of primary amides is 1. The number of ether oxygens (including phenoxy) is 3. The quantitative estimate of drug-likeness (QED) is 0.0291. The highest BCUT2D eigenvalue weighted by Gasteiger charge is 2.50. The lowest BCUT2D eigenvalue weighted by atomic mass is 9.81. The number of aryl methyl sites for hydroxylation is 2. The molecule has 6 amide bonds. The van der Waals surface area contributed by atoms with Gasteiger partial charge in [-0.1, -0.05) is 93.1 Å². The van der Waals surface area contributed by atoms with Gasteiger partial charge in [0.25, 0.3) is 0 Å². The Bertz CT molecular complexity index is 2360. The molecular formula is C52H65N7O10S. The van der Waals surface area contributed by atoms with Gasteiger partial charge in [-0.3, -0.25) is 28.9 Å². The van der Waals surface area contributed by atoms with E-state index in [2.05, 4.69) is 25.9 Å². The number of carbonyl (C=O) groups excluding carboxylic acids is 7. The van der Waals surface area contributed by atoms with Crippen LogP contribution in [0.3, 0.4) is 0 Å². The van der Waals surface area contributed by atoms with Crippen LogP contribution in [0.2, 0.25) is 0 Å². The molecule has 70 heavy (non-hydrogen) atoms. The van der Waals surface area contributed by atoms with Crippen LogP contribution in [0.1, 0.15) is 93.3 Å². The van der Waals surface area contributed by atoms with Crippen LogP contribution < -0.4 is 26.4 Å². The number of aromatic nitrogens is 2. The zero-order chi connectivity index (χ0) is 50.8. The summed E-state index contributed by atoms with van der Waals surface area (Å²) < 4.78 is 18.7. The summed E-state index contributed by atoms with van der Waals surface area (Å²) in [6.45, 7) is 7.55. The van der Waals surface area contributed by atoms with E-state index in [-0.39, 0.29) is 79.5 Å². The molecule has 4 unspecified atom stereocenters. The third kappa shape index (κ3) is 14.9. The van der Waals surface area contributed by atoms with Gasteiger partial charge in [0, 0.05) is 62.5 Å². The molecule has 4 aromatic rings. The Morgan fingerprint density at radius 2 is 1.50 bits per heavy atom. The lowest BCUT2D eigenvalue weighted by Gasteiger charge is -2.38. The number of nitrogens with zero attached hydrogens (tertiary/aromatic N) is 3. The largest absolute Gasteiger partial charge is 0.458 e. The average Bonchev–Trinajstić information content (AvgIpc) is 3.61. The van der Waals surface area contributed by atoms with Gasteiger partial charge in [-0.25, -0.2) is 19.6 Å². The summed E-state index contributed by atoms with van der Waals surface area (Å²) in [5.74, 6) is -3.27. The SMILES string of the molecule is COC(c1ccccc1)(c1ccccc1)C(Oc1nc(C)cc(C)n1)C(=O)OCc1ccc(NC(=O)C(CCCNC(N)=O)CC(=O)C(NC(=O)CCCCCN2C(=O)CC(SC)C2=O)C(C)C)cc1. The topological polar surface area (TPSA) is 238 Å². The van der Waals surface area contributed by atoms with Crippen LogP contribution in [0.15, 0.2) is 91.0 Å². The van der Waals surface area contributed by atoms with E-state index in [1.165, 1.54) is 23.8 Å². The fourth-order valence-corrected chi connectivity index (χ4v) is 9.05. The van der Waals surface area contributed by atoms with E-state index in [0.717, 1.165) is 0 Å². The number of unbranched alkanes of at least 4 members (excludes halogenated alkanes) is 2. The smallest absolute Gasteiger partial charge is 0.351 e. The van der Waals surface area contributed by atoms with Gasteiger partial charge in [0.1, 0.15) is 6.61 Å². The van der Waals surface area contributed by atoms with Gasteiger partial charge in [0.05, 0.1) is 11.3 Å². The van der Waals surface area contributed by atoms with Gasteiger partial charge in [0.15, 0.2) is 11.4 Å². The second-order valence-electron chi connectivity index (χ2n) is 17.6. The predicted octanol–water partition coefficient (Wildman–Crippen LogP) is 6.33. The minimum atomic E-state index is -1.50. The second kappa shape index (κ2) is 26.4. The zero-order valence-corrected chi connectivity index (χ0v) is 41.6. The Labute approximate surface area is 413 Å². The van der Waals surface area contributed by atoms with Gasteiger partial charge in [-0.05, 0) is 86.6 Å². The van der Waals surface area contributed by atoms with E-state index in [1.54, 1.807) is 50.4 Å². The van der Waals surface area contributed by atoms with Crippen LogP contribution in [-0.4, -0.2) is 100 Å². The molecule has 0 bridgehead atoms. The van der Waals surface area contributed by atoms with Crippen molar-refractivity contribution >= 4 is 58.9 Å². The summed E-state index contributed by atoms with van der Waals surface area (Å²) in [4.78, 5) is 101. The number of nitrogens with two attached hydrogens (primary N) is 1. The Morgan fingerprint density at radius 1 is 0.871 bits per heavy atom. The molecule has 0 radical (unpaired) electrons. The minimum Gasteiger partial charge on any atom is -0.458 e. The molecule has 374 valence electrons. The number of rotatable bonds is 27. The van der Waals surface area contributed by atoms with Crippen molar-refractivity contribution in [3.63, 3.8) is 0 Å². The molecule has 17 nitrogen and oxygen atoms in total. The number of Topliss-reactive ketones (excluding diaryl/α,β-unsaturated/α-hetero) is 1. The fraction of sp³-hybridized carbons (Fsp3) is 0.442. The van der Waals surface area contributed by atoms with Crippen molar-refractivity contribution in [3.05, 3.63) is 119 Å². The molecule has 1 aliphatic heterocycles. The molecular weight excluding hydrogens is 915 g/mol. The number of anilines is 1. The number of ketones is 1. The predicted molar refractivity (Wildman–Crippen MR) is 265 cm³/mol. The van der Waals surface area contributed by atoms with Crippen molar-refractivity contribution in [2.75, 3.05) is 31.8 Å². The number of nitrogens with one attached hydrogen (secondary N) is 3. The standard InChI is InChI=1S/C52H65N7O10S/c1-33(2)45(58-43(61)22-14-9-15-28-59-44(62)31-42(70-6)48(59)64)41(60)30-37(17-16-27-54-50(53)66)47(63)57-40-25-23-36(24-26-40)32-68-49(65)46(69-51-55-34(3)29-35(4)56-51)52(67-5,38-18-10-7-11-19-38)39-20-12-8-13-21-39/h7-8,10-13,18-21,23-26,29,33,37,42,45-46H,9,14-17,22,27-28,30-32H2,1-6H3,(H,57,63)(H,58,61)(H3,53,54,66). The van der Waals surface area contributed by atoms with E-state index in [9.17, 15) is 33.6 Å². The Balaban J connectivity index is 1.24.